The van der Waals surface area contributed by atoms with Gasteiger partial charge in [0.2, 0.25) is 11.8 Å². The molecule has 9 nitrogen and oxygen atoms in total. The number of esters is 1. The molecular weight excluding hydrogens is 486 g/mol. The summed E-state index contributed by atoms with van der Waals surface area (Å²) in [5.74, 6) is -0.764. The van der Waals surface area contributed by atoms with Crippen LogP contribution in [0.15, 0.2) is 48.5 Å². The van der Waals surface area contributed by atoms with Crippen LogP contribution in [0.25, 0.3) is 0 Å². The van der Waals surface area contributed by atoms with Gasteiger partial charge in [-0.05, 0) is 25.0 Å². The number of methoxy groups -OCH3 is 1. The van der Waals surface area contributed by atoms with Crippen LogP contribution in [0.4, 0.5) is 0 Å². The van der Waals surface area contributed by atoms with E-state index in [1.165, 1.54) is 0 Å². The number of rotatable bonds is 11. The van der Waals surface area contributed by atoms with Crippen LogP contribution in [-0.4, -0.2) is 80.6 Å². The molecule has 0 bridgehead atoms. The summed E-state index contributed by atoms with van der Waals surface area (Å²) in [5, 5.41) is 2.94. The molecule has 2 aromatic carbocycles. The number of ether oxygens (including phenoxy) is 3. The number of aryl methyl sites for hydroxylation is 1. The molecule has 2 aliphatic heterocycles. The number of carbonyl (C=O) groups is 3. The number of para-hydroxylation sites is 1. The molecule has 0 radical (unpaired) electrons. The van der Waals surface area contributed by atoms with Gasteiger partial charge in [-0.3, -0.25) is 19.3 Å². The van der Waals surface area contributed by atoms with Crippen molar-refractivity contribution < 1.29 is 28.6 Å². The third kappa shape index (κ3) is 7.33. The molecule has 0 unspecified atom stereocenters. The van der Waals surface area contributed by atoms with Crippen molar-refractivity contribution in [2.45, 2.75) is 32.4 Å². The van der Waals surface area contributed by atoms with Gasteiger partial charge in [-0.15, -0.1) is 0 Å². The van der Waals surface area contributed by atoms with Crippen molar-refractivity contribution in [3.8, 4) is 5.75 Å². The molecule has 4 rings (SSSR count). The number of morpholine rings is 1. The predicted molar refractivity (Wildman–Crippen MR) is 141 cm³/mol. The second kappa shape index (κ2) is 13.4. The second-order valence-corrected chi connectivity index (χ2v) is 9.81. The summed E-state index contributed by atoms with van der Waals surface area (Å²) < 4.78 is 16.2. The topological polar surface area (TPSA) is 97.4 Å². The summed E-state index contributed by atoms with van der Waals surface area (Å²) in [6.45, 7) is 6.39. The van der Waals surface area contributed by atoms with Gasteiger partial charge in [0.15, 0.2) is 0 Å². The molecule has 38 heavy (non-hydrogen) atoms. The lowest BCUT2D eigenvalue weighted by Crippen LogP contribution is -2.44. The van der Waals surface area contributed by atoms with Crippen molar-refractivity contribution in [2.75, 3.05) is 53.0 Å². The van der Waals surface area contributed by atoms with Gasteiger partial charge >= 0.3 is 5.97 Å². The lowest BCUT2D eigenvalue weighted by Gasteiger charge is -2.27. The zero-order valence-electron chi connectivity index (χ0n) is 22.2. The van der Waals surface area contributed by atoms with Gasteiger partial charge in [0.25, 0.3) is 0 Å². The molecule has 0 aliphatic carbocycles. The highest BCUT2D eigenvalue weighted by atomic mass is 16.5. The van der Waals surface area contributed by atoms with E-state index in [1.54, 1.807) is 18.1 Å². The van der Waals surface area contributed by atoms with E-state index >= 15 is 0 Å². The van der Waals surface area contributed by atoms with Crippen molar-refractivity contribution in [3.63, 3.8) is 0 Å². The Morgan fingerprint density at radius 2 is 1.82 bits per heavy atom. The predicted octanol–water partition coefficient (Wildman–Crippen LogP) is 2.48. The number of benzene rings is 2. The van der Waals surface area contributed by atoms with Gasteiger partial charge in [0, 0.05) is 31.7 Å². The van der Waals surface area contributed by atoms with Crippen LogP contribution in [0.2, 0.25) is 0 Å². The third-order valence-electron chi connectivity index (χ3n) is 7.14. The van der Waals surface area contributed by atoms with Gasteiger partial charge in [0.1, 0.15) is 18.9 Å². The standard InChI is InChI=1S/C29H37N3O6/c1-21-7-9-22(10-8-21)25-17-24(18-28(34)38-20-23-5-3-4-6-26(23)36-2)29(35)32(25)19-27(33)30-11-12-31-13-15-37-16-14-31/h3-10,24-25H,11-20H2,1-2H3,(H,30,33)/t24-,25-/m1/s1. The van der Waals surface area contributed by atoms with Crippen molar-refractivity contribution in [3.05, 3.63) is 65.2 Å². The molecule has 0 aromatic heterocycles. The first kappa shape index (κ1) is 27.6. The third-order valence-corrected chi connectivity index (χ3v) is 7.14. The Balaban J connectivity index is 1.36. The van der Waals surface area contributed by atoms with E-state index in [1.807, 2.05) is 49.4 Å². The Labute approximate surface area is 224 Å². The molecule has 204 valence electrons. The van der Waals surface area contributed by atoms with Gasteiger partial charge in [-0.2, -0.15) is 0 Å². The summed E-state index contributed by atoms with van der Waals surface area (Å²) >= 11 is 0. The fourth-order valence-corrected chi connectivity index (χ4v) is 4.98. The van der Waals surface area contributed by atoms with Crippen molar-refractivity contribution in [1.82, 2.24) is 15.1 Å². The van der Waals surface area contributed by atoms with Crippen LogP contribution in [0.1, 0.15) is 35.6 Å². The number of likely N-dealkylation sites (tertiary alicyclic amines) is 1. The second-order valence-electron chi connectivity index (χ2n) is 9.81. The zero-order chi connectivity index (χ0) is 26.9. The fraction of sp³-hybridized carbons (Fsp3) is 0.483. The van der Waals surface area contributed by atoms with E-state index in [-0.39, 0.29) is 37.4 Å². The molecule has 2 amide bonds. The van der Waals surface area contributed by atoms with Crippen LogP contribution in [-0.2, 0) is 30.5 Å². The molecule has 2 aliphatic rings. The minimum Gasteiger partial charge on any atom is -0.496 e. The maximum atomic E-state index is 13.4. The molecule has 1 N–H and O–H groups in total. The van der Waals surface area contributed by atoms with E-state index < -0.39 is 11.9 Å². The fourth-order valence-electron chi connectivity index (χ4n) is 4.98. The normalized spacial score (nSPS) is 19.8. The summed E-state index contributed by atoms with van der Waals surface area (Å²) in [4.78, 5) is 42.8. The largest absolute Gasteiger partial charge is 0.496 e. The summed E-state index contributed by atoms with van der Waals surface area (Å²) in [5.41, 5.74) is 2.82. The highest BCUT2D eigenvalue weighted by Gasteiger charge is 2.42. The molecule has 2 heterocycles. The van der Waals surface area contributed by atoms with E-state index in [9.17, 15) is 14.4 Å². The first-order valence-electron chi connectivity index (χ1n) is 13.2. The van der Waals surface area contributed by atoms with Gasteiger partial charge in [0.05, 0.1) is 38.7 Å². The SMILES string of the molecule is COc1ccccc1COC(=O)C[C@H]1C[C@H](c2ccc(C)cc2)N(CC(=O)NCCN2CCOCC2)C1=O. The maximum Gasteiger partial charge on any atom is 0.306 e. The van der Waals surface area contributed by atoms with Crippen LogP contribution in [0, 0.1) is 12.8 Å². The number of carbonyl (C=O) groups excluding carboxylic acids is 3. The first-order chi connectivity index (χ1) is 18.4. The highest BCUT2D eigenvalue weighted by Crippen LogP contribution is 2.38. The molecular formula is C29H37N3O6. The Hall–Kier alpha value is -3.43. The molecule has 0 spiro atoms. The van der Waals surface area contributed by atoms with E-state index in [0.29, 0.717) is 31.9 Å². The lowest BCUT2D eigenvalue weighted by molar-refractivity contribution is -0.148. The summed E-state index contributed by atoms with van der Waals surface area (Å²) in [7, 11) is 1.57. The van der Waals surface area contributed by atoms with E-state index in [2.05, 4.69) is 10.2 Å². The first-order valence-corrected chi connectivity index (χ1v) is 13.2. The van der Waals surface area contributed by atoms with Crippen molar-refractivity contribution in [2.24, 2.45) is 5.92 Å². The molecule has 2 saturated heterocycles. The minimum atomic E-state index is -0.548. The number of hydrogen-bond acceptors (Lipinski definition) is 7. The summed E-state index contributed by atoms with van der Waals surface area (Å²) in [6, 6.07) is 15.0. The van der Waals surface area contributed by atoms with Crippen molar-refractivity contribution in [1.29, 1.82) is 0 Å². The highest BCUT2D eigenvalue weighted by molar-refractivity contribution is 5.90. The van der Waals surface area contributed by atoms with Crippen molar-refractivity contribution >= 4 is 17.8 Å². The molecule has 0 saturated carbocycles. The quantitative estimate of drug-likeness (QED) is 0.452. The van der Waals surface area contributed by atoms with Gasteiger partial charge < -0.3 is 24.4 Å². The average Bonchev–Trinajstić information content (AvgIpc) is 3.23. The molecule has 2 atom stereocenters. The number of amides is 2. The molecule has 2 aromatic rings. The average molecular weight is 524 g/mol. The number of nitrogens with one attached hydrogen (secondary N) is 1. The Morgan fingerprint density at radius 3 is 2.55 bits per heavy atom. The van der Waals surface area contributed by atoms with E-state index in [0.717, 1.165) is 36.3 Å². The van der Waals surface area contributed by atoms with Crippen LogP contribution >= 0.6 is 0 Å². The Kier molecular flexibility index (Phi) is 9.73. The Morgan fingerprint density at radius 1 is 1.08 bits per heavy atom. The van der Waals surface area contributed by atoms with Gasteiger partial charge in [-0.25, -0.2) is 0 Å². The maximum absolute atomic E-state index is 13.4. The smallest absolute Gasteiger partial charge is 0.306 e. The number of nitrogens with zero attached hydrogens (tertiary/aromatic N) is 2. The zero-order valence-corrected chi connectivity index (χ0v) is 22.2. The minimum absolute atomic E-state index is 0.0362. The van der Waals surface area contributed by atoms with Gasteiger partial charge in [-0.1, -0.05) is 48.0 Å². The Bertz CT molecular complexity index is 1100. The molecule has 9 heteroatoms. The molecule has 2 fully saturated rings. The monoisotopic (exact) mass is 523 g/mol. The lowest BCUT2D eigenvalue weighted by atomic mass is 9.97. The van der Waals surface area contributed by atoms with Crippen LogP contribution < -0.4 is 10.1 Å². The van der Waals surface area contributed by atoms with E-state index in [4.69, 9.17) is 14.2 Å². The van der Waals surface area contributed by atoms with Crippen LogP contribution in [0.3, 0.4) is 0 Å². The number of hydrogen-bond donors (Lipinski definition) is 1. The van der Waals surface area contributed by atoms with Crippen LogP contribution in [0.5, 0.6) is 5.75 Å². The summed E-state index contributed by atoms with van der Waals surface area (Å²) in [6.07, 6.45) is 0.415.